The number of benzene rings is 2. The predicted octanol–water partition coefficient (Wildman–Crippen LogP) is 3.67. The molecule has 2 N–H and O–H groups in total. The zero-order chi connectivity index (χ0) is 21.3. The second-order valence-corrected chi connectivity index (χ2v) is 8.31. The van der Waals surface area contributed by atoms with E-state index >= 15 is 0 Å². The molecule has 10 heteroatoms. The average molecular weight is 441 g/mol. The van der Waals surface area contributed by atoms with Gasteiger partial charge in [-0.05, 0) is 54.1 Å². The largest absolute Gasteiger partial charge is 0.366 e. The van der Waals surface area contributed by atoms with E-state index in [0.29, 0.717) is 6.07 Å². The summed E-state index contributed by atoms with van der Waals surface area (Å²) in [5.74, 6) is -3.97. The van der Waals surface area contributed by atoms with E-state index < -0.39 is 50.2 Å². The van der Waals surface area contributed by atoms with Gasteiger partial charge in [0.25, 0.3) is 5.91 Å². The van der Waals surface area contributed by atoms with Gasteiger partial charge in [-0.1, -0.05) is 11.6 Å². The summed E-state index contributed by atoms with van der Waals surface area (Å²) < 4.78 is 67.5. The Balaban J connectivity index is 2.17. The van der Waals surface area contributed by atoms with Crippen LogP contribution in [0.25, 0.3) is 0 Å². The molecule has 1 heterocycles. The maximum atomic E-state index is 14.5. The summed E-state index contributed by atoms with van der Waals surface area (Å²) in [7, 11) is -4.43. The standard InChI is InChI=1S/C19H12ClF3N2O3S/c20-11-1-4-13(5-2-11)29(27,28)19-16(23)9-14(18(24)26)17(25-19)8-10-7-12(21)3-6-15(10)22/h1-7,9H,8H2,(H2,24,26). The van der Waals surface area contributed by atoms with Gasteiger partial charge in [0.2, 0.25) is 9.84 Å². The van der Waals surface area contributed by atoms with E-state index in [4.69, 9.17) is 17.3 Å². The fourth-order valence-corrected chi connectivity index (χ4v) is 4.02. The molecule has 29 heavy (non-hydrogen) atoms. The highest BCUT2D eigenvalue weighted by atomic mass is 35.5. The Morgan fingerprint density at radius 2 is 1.66 bits per heavy atom. The first-order valence-corrected chi connectivity index (χ1v) is 9.89. The zero-order valence-corrected chi connectivity index (χ0v) is 16.1. The highest BCUT2D eigenvalue weighted by molar-refractivity contribution is 7.91. The van der Waals surface area contributed by atoms with Crippen LogP contribution in [0.1, 0.15) is 21.6 Å². The lowest BCUT2D eigenvalue weighted by molar-refractivity contribution is 0.0998. The first-order valence-electron chi connectivity index (χ1n) is 8.03. The highest BCUT2D eigenvalue weighted by Crippen LogP contribution is 2.26. The number of halogens is 4. The fraction of sp³-hybridized carbons (Fsp3) is 0.0526. The van der Waals surface area contributed by atoms with Gasteiger partial charge >= 0.3 is 0 Å². The number of carbonyl (C=O) groups excluding carboxylic acids is 1. The van der Waals surface area contributed by atoms with Gasteiger partial charge in [0, 0.05) is 11.4 Å². The molecule has 0 aliphatic rings. The molecular formula is C19H12ClF3N2O3S. The molecule has 0 fully saturated rings. The SMILES string of the molecule is NC(=O)c1cc(F)c(S(=O)(=O)c2ccc(Cl)cc2)nc1Cc1cc(F)ccc1F. The minimum absolute atomic E-state index is 0.207. The van der Waals surface area contributed by atoms with Gasteiger partial charge in [0.15, 0.2) is 10.8 Å². The first kappa shape index (κ1) is 20.8. The quantitative estimate of drug-likeness (QED) is 0.655. The summed E-state index contributed by atoms with van der Waals surface area (Å²) in [4.78, 5) is 15.1. The Labute approximate surface area is 168 Å². The van der Waals surface area contributed by atoms with Crippen LogP contribution in [0.5, 0.6) is 0 Å². The van der Waals surface area contributed by atoms with Crippen molar-refractivity contribution < 1.29 is 26.4 Å². The Morgan fingerprint density at radius 1 is 1.00 bits per heavy atom. The van der Waals surface area contributed by atoms with Crippen molar-refractivity contribution in [1.82, 2.24) is 4.98 Å². The summed E-state index contributed by atoms with van der Waals surface area (Å²) in [6.45, 7) is 0. The van der Waals surface area contributed by atoms with Gasteiger partial charge in [-0.15, -0.1) is 0 Å². The van der Waals surface area contributed by atoms with Crippen molar-refractivity contribution in [2.75, 3.05) is 0 Å². The number of hydrogen-bond acceptors (Lipinski definition) is 4. The number of pyridine rings is 1. The number of nitrogens with two attached hydrogens (primary N) is 1. The Morgan fingerprint density at radius 3 is 2.28 bits per heavy atom. The number of nitrogens with zero attached hydrogens (tertiary/aromatic N) is 1. The van der Waals surface area contributed by atoms with Crippen molar-refractivity contribution in [3.63, 3.8) is 0 Å². The molecule has 1 aromatic heterocycles. The van der Waals surface area contributed by atoms with Crippen LogP contribution >= 0.6 is 11.6 Å². The van der Waals surface area contributed by atoms with Crippen LogP contribution in [0.15, 0.2) is 58.5 Å². The molecule has 0 atom stereocenters. The number of carbonyl (C=O) groups is 1. The van der Waals surface area contributed by atoms with Crippen molar-refractivity contribution in [3.05, 3.63) is 87.8 Å². The van der Waals surface area contributed by atoms with Crippen LogP contribution in [0.4, 0.5) is 13.2 Å². The van der Waals surface area contributed by atoms with Crippen LogP contribution < -0.4 is 5.73 Å². The summed E-state index contributed by atoms with van der Waals surface area (Å²) in [5.41, 5.74) is 4.25. The van der Waals surface area contributed by atoms with Crippen LogP contribution in [0, 0.1) is 17.5 Å². The minimum Gasteiger partial charge on any atom is -0.366 e. The van der Waals surface area contributed by atoms with E-state index in [1.165, 1.54) is 12.1 Å². The lowest BCUT2D eigenvalue weighted by Gasteiger charge is -2.12. The predicted molar refractivity (Wildman–Crippen MR) is 98.8 cm³/mol. The number of primary amides is 1. The minimum atomic E-state index is -4.43. The number of aromatic nitrogens is 1. The summed E-state index contributed by atoms with van der Waals surface area (Å²) in [5, 5.41) is -0.708. The maximum absolute atomic E-state index is 14.5. The van der Waals surface area contributed by atoms with E-state index in [1.54, 1.807) is 0 Å². The molecule has 0 saturated heterocycles. The number of sulfone groups is 1. The normalized spacial score (nSPS) is 11.4. The third-order valence-corrected chi connectivity index (χ3v) is 5.97. The highest BCUT2D eigenvalue weighted by Gasteiger charge is 2.27. The van der Waals surface area contributed by atoms with Crippen molar-refractivity contribution >= 4 is 27.3 Å². The van der Waals surface area contributed by atoms with Crippen molar-refractivity contribution in [3.8, 4) is 0 Å². The molecule has 0 aliphatic heterocycles. The van der Waals surface area contributed by atoms with Crippen LogP contribution in [0.2, 0.25) is 5.02 Å². The molecule has 0 saturated carbocycles. The fourth-order valence-electron chi connectivity index (χ4n) is 2.63. The van der Waals surface area contributed by atoms with E-state index in [2.05, 4.69) is 4.98 Å². The Kier molecular flexibility index (Phi) is 5.63. The molecule has 3 rings (SSSR count). The zero-order valence-electron chi connectivity index (χ0n) is 14.5. The van der Waals surface area contributed by atoms with Crippen LogP contribution in [-0.4, -0.2) is 19.3 Å². The van der Waals surface area contributed by atoms with Crippen molar-refractivity contribution in [1.29, 1.82) is 0 Å². The van der Waals surface area contributed by atoms with E-state index in [0.717, 1.165) is 30.3 Å². The lowest BCUT2D eigenvalue weighted by Crippen LogP contribution is -2.19. The topological polar surface area (TPSA) is 90.1 Å². The van der Waals surface area contributed by atoms with Gasteiger partial charge < -0.3 is 5.73 Å². The number of amides is 1. The molecule has 0 bridgehead atoms. The van der Waals surface area contributed by atoms with Gasteiger partial charge in [-0.2, -0.15) is 0 Å². The average Bonchev–Trinajstić information content (AvgIpc) is 2.65. The summed E-state index contributed by atoms with van der Waals surface area (Å²) >= 11 is 5.74. The maximum Gasteiger partial charge on any atom is 0.250 e. The second-order valence-electron chi connectivity index (χ2n) is 6.00. The van der Waals surface area contributed by atoms with E-state index in [1.807, 2.05) is 0 Å². The van der Waals surface area contributed by atoms with E-state index in [-0.39, 0.29) is 21.2 Å². The molecule has 3 aromatic rings. The van der Waals surface area contributed by atoms with Gasteiger partial charge in [0.05, 0.1) is 16.2 Å². The monoisotopic (exact) mass is 440 g/mol. The molecular weight excluding hydrogens is 429 g/mol. The summed E-state index contributed by atoms with van der Waals surface area (Å²) in [6, 6.07) is 8.15. The second kappa shape index (κ2) is 7.84. The summed E-state index contributed by atoms with van der Waals surface area (Å²) in [6.07, 6.45) is -0.481. The molecule has 1 amide bonds. The van der Waals surface area contributed by atoms with E-state index in [9.17, 15) is 26.4 Å². The third-order valence-electron chi connectivity index (χ3n) is 4.03. The lowest BCUT2D eigenvalue weighted by atomic mass is 10.0. The van der Waals surface area contributed by atoms with Crippen molar-refractivity contribution in [2.45, 2.75) is 16.3 Å². The Hall–Kier alpha value is -2.91. The molecule has 0 radical (unpaired) electrons. The molecule has 150 valence electrons. The molecule has 0 spiro atoms. The number of rotatable bonds is 5. The number of hydrogen-bond donors (Lipinski definition) is 1. The van der Waals surface area contributed by atoms with Gasteiger partial charge in [0.1, 0.15) is 11.6 Å². The molecule has 0 aliphatic carbocycles. The molecule has 0 unspecified atom stereocenters. The molecule has 2 aromatic carbocycles. The van der Waals surface area contributed by atoms with Crippen LogP contribution in [-0.2, 0) is 16.3 Å². The molecule has 5 nitrogen and oxygen atoms in total. The van der Waals surface area contributed by atoms with Gasteiger partial charge in [-0.3, -0.25) is 4.79 Å². The van der Waals surface area contributed by atoms with Crippen molar-refractivity contribution in [2.24, 2.45) is 5.73 Å². The van der Waals surface area contributed by atoms with Crippen LogP contribution in [0.3, 0.4) is 0 Å². The Bertz CT molecular complexity index is 1220. The third kappa shape index (κ3) is 4.25. The first-order chi connectivity index (χ1) is 13.6. The smallest absolute Gasteiger partial charge is 0.250 e. The van der Waals surface area contributed by atoms with Gasteiger partial charge in [-0.25, -0.2) is 26.6 Å².